The number of rotatable bonds is 3. The van der Waals surface area contributed by atoms with Crippen molar-refractivity contribution in [2.75, 3.05) is 0 Å². The third kappa shape index (κ3) is 2.52. The standard InChI is InChI=1S/C16H15F2N3/c1-21-15-6-10(9-19)2-5-14(15)20-16(21)7-11-3-4-12(17)8-13(11)18/h2-6,8H,7,9,19H2,1H3. The highest BCUT2D eigenvalue weighted by Crippen LogP contribution is 2.20. The smallest absolute Gasteiger partial charge is 0.129 e. The van der Waals surface area contributed by atoms with Gasteiger partial charge in [-0.2, -0.15) is 0 Å². The van der Waals surface area contributed by atoms with E-state index in [1.807, 2.05) is 29.8 Å². The summed E-state index contributed by atoms with van der Waals surface area (Å²) in [5.74, 6) is -0.400. The number of aromatic nitrogens is 2. The van der Waals surface area contributed by atoms with E-state index in [4.69, 9.17) is 5.73 Å². The number of nitrogens with two attached hydrogens (primary N) is 1. The second kappa shape index (κ2) is 5.26. The van der Waals surface area contributed by atoms with Crippen LogP contribution in [0.3, 0.4) is 0 Å². The summed E-state index contributed by atoms with van der Waals surface area (Å²) in [7, 11) is 1.88. The summed E-state index contributed by atoms with van der Waals surface area (Å²) in [4.78, 5) is 4.51. The molecule has 0 fully saturated rings. The Balaban J connectivity index is 2.02. The largest absolute Gasteiger partial charge is 0.331 e. The molecule has 0 radical (unpaired) electrons. The van der Waals surface area contributed by atoms with Gasteiger partial charge in [-0.3, -0.25) is 0 Å². The summed E-state index contributed by atoms with van der Waals surface area (Å²) in [6.45, 7) is 0.461. The summed E-state index contributed by atoms with van der Waals surface area (Å²) >= 11 is 0. The number of aryl methyl sites for hydroxylation is 1. The van der Waals surface area contributed by atoms with Crippen LogP contribution in [-0.2, 0) is 20.0 Å². The van der Waals surface area contributed by atoms with Gasteiger partial charge in [0.2, 0.25) is 0 Å². The molecule has 1 heterocycles. The molecule has 0 unspecified atom stereocenters. The lowest BCUT2D eigenvalue weighted by atomic mass is 10.1. The van der Waals surface area contributed by atoms with E-state index in [2.05, 4.69) is 4.98 Å². The van der Waals surface area contributed by atoms with E-state index in [1.165, 1.54) is 12.1 Å². The van der Waals surface area contributed by atoms with Crippen LogP contribution in [0.25, 0.3) is 11.0 Å². The van der Waals surface area contributed by atoms with E-state index in [0.29, 0.717) is 18.5 Å². The van der Waals surface area contributed by atoms with E-state index in [1.54, 1.807) is 0 Å². The minimum Gasteiger partial charge on any atom is -0.331 e. The molecular weight excluding hydrogens is 272 g/mol. The van der Waals surface area contributed by atoms with Crippen LogP contribution in [0.2, 0.25) is 0 Å². The van der Waals surface area contributed by atoms with Crippen molar-refractivity contribution in [3.63, 3.8) is 0 Å². The van der Waals surface area contributed by atoms with Crippen LogP contribution in [0.15, 0.2) is 36.4 Å². The monoisotopic (exact) mass is 287 g/mol. The van der Waals surface area contributed by atoms with Gasteiger partial charge in [-0.1, -0.05) is 12.1 Å². The molecule has 1 aromatic heterocycles. The molecule has 5 heteroatoms. The zero-order valence-corrected chi connectivity index (χ0v) is 11.6. The highest BCUT2D eigenvalue weighted by molar-refractivity contribution is 5.77. The molecule has 0 aliphatic carbocycles. The van der Waals surface area contributed by atoms with Gasteiger partial charge in [-0.15, -0.1) is 0 Å². The van der Waals surface area contributed by atoms with Crippen molar-refractivity contribution in [1.82, 2.24) is 9.55 Å². The van der Waals surface area contributed by atoms with Gasteiger partial charge >= 0.3 is 0 Å². The fraction of sp³-hybridized carbons (Fsp3) is 0.188. The Bertz CT molecular complexity index is 809. The molecule has 0 aliphatic rings. The SMILES string of the molecule is Cn1c(Cc2ccc(F)cc2F)nc2ccc(CN)cc21. The second-order valence-corrected chi connectivity index (χ2v) is 5.03. The van der Waals surface area contributed by atoms with E-state index >= 15 is 0 Å². The second-order valence-electron chi connectivity index (χ2n) is 5.03. The van der Waals surface area contributed by atoms with Crippen LogP contribution in [0.1, 0.15) is 17.0 Å². The van der Waals surface area contributed by atoms with Crippen LogP contribution < -0.4 is 5.73 Å². The Kier molecular flexibility index (Phi) is 3.43. The van der Waals surface area contributed by atoms with Crippen molar-refractivity contribution in [3.8, 4) is 0 Å². The minimum absolute atomic E-state index is 0.315. The van der Waals surface area contributed by atoms with Gasteiger partial charge in [0, 0.05) is 26.1 Å². The maximum atomic E-state index is 13.7. The summed E-state index contributed by atoms with van der Waals surface area (Å²) < 4.78 is 28.6. The molecule has 108 valence electrons. The number of fused-ring (bicyclic) bond motifs is 1. The summed E-state index contributed by atoms with van der Waals surface area (Å²) in [5, 5.41) is 0. The maximum Gasteiger partial charge on any atom is 0.129 e. The lowest BCUT2D eigenvalue weighted by Crippen LogP contribution is -2.01. The molecule has 2 N–H and O–H groups in total. The zero-order valence-electron chi connectivity index (χ0n) is 11.6. The lowest BCUT2D eigenvalue weighted by molar-refractivity contribution is 0.573. The predicted octanol–water partition coefficient (Wildman–Crippen LogP) is 2.90. The number of benzene rings is 2. The molecule has 3 nitrogen and oxygen atoms in total. The van der Waals surface area contributed by atoms with Crippen molar-refractivity contribution in [2.45, 2.75) is 13.0 Å². The Morgan fingerprint density at radius 1 is 1.14 bits per heavy atom. The molecule has 0 amide bonds. The molecule has 0 spiro atoms. The normalized spacial score (nSPS) is 11.2. The molecule has 0 bridgehead atoms. The number of imidazole rings is 1. The molecule has 0 saturated heterocycles. The van der Waals surface area contributed by atoms with E-state index in [0.717, 1.165) is 28.5 Å². The van der Waals surface area contributed by atoms with Crippen molar-refractivity contribution < 1.29 is 8.78 Å². The fourth-order valence-electron chi connectivity index (χ4n) is 2.41. The first kappa shape index (κ1) is 13.7. The molecule has 0 aliphatic heterocycles. The van der Waals surface area contributed by atoms with Crippen molar-refractivity contribution in [2.24, 2.45) is 12.8 Å². The average Bonchev–Trinajstić information content (AvgIpc) is 2.78. The van der Waals surface area contributed by atoms with Crippen molar-refractivity contribution in [3.05, 3.63) is 65.0 Å². The number of nitrogens with zero attached hydrogens (tertiary/aromatic N) is 2. The Hall–Kier alpha value is -2.27. The van der Waals surface area contributed by atoms with Gasteiger partial charge < -0.3 is 10.3 Å². The van der Waals surface area contributed by atoms with Crippen molar-refractivity contribution in [1.29, 1.82) is 0 Å². The Morgan fingerprint density at radius 3 is 2.67 bits per heavy atom. The number of halogens is 2. The van der Waals surface area contributed by atoms with Crippen LogP contribution >= 0.6 is 0 Å². The topological polar surface area (TPSA) is 43.8 Å². The molecule has 0 saturated carbocycles. The van der Waals surface area contributed by atoms with Crippen molar-refractivity contribution >= 4 is 11.0 Å². The molecular formula is C16H15F2N3. The van der Waals surface area contributed by atoms with E-state index in [9.17, 15) is 8.78 Å². The third-order valence-corrected chi connectivity index (χ3v) is 3.64. The molecule has 21 heavy (non-hydrogen) atoms. The first-order valence-corrected chi connectivity index (χ1v) is 6.66. The molecule has 3 rings (SSSR count). The minimum atomic E-state index is -0.575. The summed E-state index contributed by atoms with van der Waals surface area (Å²) in [6.07, 6.45) is 0.315. The van der Waals surface area contributed by atoms with Gasteiger partial charge in [-0.05, 0) is 29.3 Å². The number of hydrogen-bond donors (Lipinski definition) is 1. The van der Waals surface area contributed by atoms with Gasteiger partial charge in [0.15, 0.2) is 0 Å². The highest BCUT2D eigenvalue weighted by Gasteiger charge is 2.11. The van der Waals surface area contributed by atoms with Crippen LogP contribution in [0, 0.1) is 11.6 Å². The summed E-state index contributed by atoms with van der Waals surface area (Å²) in [5.41, 5.74) is 8.88. The fourth-order valence-corrected chi connectivity index (χ4v) is 2.41. The van der Waals surface area contributed by atoms with Crippen LogP contribution in [0.4, 0.5) is 8.78 Å². The summed E-state index contributed by atoms with van der Waals surface area (Å²) in [6, 6.07) is 9.42. The average molecular weight is 287 g/mol. The van der Waals surface area contributed by atoms with E-state index < -0.39 is 11.6 Å². The van der Waals surface area contributed by atoms with E-state index in [-0.39, 0.29) is 0 Å². The van der Waals surface area contributed by atoms with Gasteiger partial charge in [0.1, 0.15) is 17.5 Å². The first-order chi connectivity index (χ1) is 10.1. The highest BCUT2D eigenvalue weighted by atomic mass is 19.1. The lowest BCUT2D eigenvalue weighted by Gasteiger charge is -2.04. The zero-order chi connectivity index (χ0) is 15.0. The Morgan fingerprint density at radius 2 is 1.95 bits per heavy atom. The van der Waals surface area contributed by atoms with Gasteiger partial charge in [0.25, 0.3) is 0 Å². The van der Waals surface area contributed by atoms with Crippen LogP contribution in [0.5, 0.6) is 0 Å². The Labute approximate surface area is 121 Å². The molecule has 2 aromatic carbocycles. The first-order valence-electron chi connectivity index (χ1n) is 6.66. The number of hydrogen-bond acceptors (Lipinski definition) is 2. The van der Waals surface area contributed by atoms with Crippen LogP contribution in [-0.4, -0.2) is 9.55 Å². The van der Waals surface area contributed by atoms with Gasteiger partial charge in [-0.25, -0.2) is 13.8 Å². The van der Waals surface area contributed by atoms with Gasteiger partial charge in [0.05, 0.1) is 11.0 Å². The molecule has 3 aromatic rings. The predicted molar refractivity (Wildman–Crippen MR) is 77.8 cm³/mol. The third-order valence-electron chi connectivity index (χ3n) is 3.64. The maximum absolute atomic E-state index is 13.7. The quantitative estimate of drug-likeness (QED) is 0.805. The molecule has 0 atom stereocenters.